The molecule has 0 aromatic heterocycles. The van der Waals surface area contributed by atoms with Crippen LogP contribution in [0.5, 0.6) is 0 Å². The first kappa shape index (κ1) is 18.0. The van der Waals surface area contributed by atoms with Crippen molar-refractivity contribution in [2.45, 2.75) is 98.8 Å². The SMILES string of the molecule is CCCCC(CC)C[C](C)CC(CC)CCCC. The van der Waals surface area contributed by atoms with Gasteiger partial charge in [-0.25, -0.2) is 0 Å². The van der Waals surface area contributed by atoms with Crippen molar-refractivity contribution in [2.24, 2.45) is 11.8 Å². The molecule has 0 aliphatic rings. The molecule has 0 saturated heterocycles. The van der Waals surface area contributed by atoms with Crippen LogP contribution in [0.15, 0.2) is 0 Å². The Morgan fingerprint density at radius 3 is 1.39 bits per heavy atom. The van der Waals surface area contributed by atoms with Gasteiger partial charge in [-0.3, -0.25) is 0 Å². The highest BCUT2D eigenvalue weighted by atomic mass is 14.2. The van der Waals surface area contributed by atoms with Crippen molar-refractivity contribution in [1.82, 2.24) is 0 Å². The third kappa shape index (κ3) is 9.00. The zero-order valence-electron chi connectivity index (χ0n) is 13.7. The first-order valence-corrected chi connectivity index (χ1v) is 8.49. The molecule has 0 aliphatic heterocycles. The standard InChI is InChI=1S/C18H37/c1-6-10-12-17(8-3)14-16(5)15-18(9-4)13-11-7-2/h17-18H,6-15H2,1-5H3. The molecule has 0 amide bonds. The molecule has 18 heavy (non-hydrogen) atoms. The van der Waals surface area contributed by atoms with Crippen molar-refractivity contribution >= 4 is 0 Å². The lowest BCUT2D eigenvalue weighted by Gasteiger charge is -2.23. The maximum Gasteiger partial charge on any atom is -0.0266 e. The molecule has 0 aromatic carbocycles. The predicted octanol–water partition coefficient (Wildman–Crippen LogP) is 6.79. The Hall–Kier alpha value is 0. The highest BCUT2D eigenvalue weighted by Gasteiger charge is 2.15. The molecule has 0 aliphatic carbocycles. The summed E-state index contributed by atoms with van der Waals surface area (Å²) in [7, 11) is 0. The first-order chi connectivity index (χ1) is 8.67. The van der Waals surface area contributed by atoms with Crippen LogP contribution in [-0.4, -0.2) is 0 Å². The van der Waals surface area contributed by atoms with E-state index in [4.69, 9.17) is 0 Å². The van der Waals surface area contributed by atoms with Crippen LogP contribution in [0.3, 0.4) is 0 Å². The third-order valence-corrected chi connectivity index (χ3v) is 4.36. The van der Waals surface area contributed by atoms with Crippen LogP contribution in [0.25, 0.3) is 0 Å². The summed E-state index contributed by atoms with van der Waals surface area (Å²) >= 11 is 0. The minimum Gasteiger partial charge on any atom is -0.0654 e. The summed E-state index contributed by atoms with van der Waals surface area (Å²) in [4.78, 5) is 0. The summed E-state index contributed by atoms with van der Waals surface area (Å²) in [5.41, 5.74) is 0. The van der Waals surface area contributed by atoms with Gasteiger partial charge in [0.2, 0.25) is 0 Å². The monoisotopic (exact) mass is 253 g/mol. The zero-order valence-corrected chi connectivity index (χ0v) is 13.7. The van der Waals surface area contributed by atoms with Crippen LogP contribution in [0, 0.1) is 17.8 Å². The fourth-order valence-electron chi connectivity index (χ4n) is 2.96. The van der Waals surface area contributed by atoms with Crippen LogP contribution >= 0.6 is 0 Å². The first-order valence-electron chi connectivity index (χ1n) is 8.49. The fourth-order valence-corrected chi connectivity index (χ4v) is 2.96. The van der Waals surface area contributed by atoms with Gasteiger partial charge >= 0.3 is 0 Å². The topological polar surface area (TPSA) is 0 Å². The highest BCUT2D eigenvalue weighted by Crippen LogP contribution is 2.29. The number of hydrogen-bond acceptors (Lipinski definition) is 0. The van der Waals surface area contributed by atoms with Crippen LogP contribution in [0.2, 0.25) is 0 Å². The quantitative estimate of drug-likeness (QED) is 0.359. The molecule has 0 saturated carbocycles. The lowest BCUT2D eigenvalue weighted by Crippen LogP contribution is -2.09. The van der Waals surface area contributed by atoms with Gasteiger partial charge in [-0.1, -0.05) is 86.0 Å². The van der Waals surface area contributed by atoms with E-state index in [1.807, 2.05) is 0 Å². The number of unbranched alkanes of at least 4 members (excludes halogenated alkanes) is 2. The van der Waals surface area contributed by atoms with Crippen molar-refractivity contribution in [3.8, 4) is 0 Å². The van der Waals surface area contributed by atoms with Gasteiger partial charge in [0.25, 0.3) is 0 Å². The summed E-state index contributed by atoms with van der Waals surface area (Å²) in [5, 5.41) is 0. The fraction of sp³-hybridized carbons (Fsp3) is 0.944. The van der Waals surface area contributed by atoms with E-state index >= 15 is 0 Å². The van der Waals surface area contributed by atoms with E-state index in [0.717, 1.165) is 11.8 Å². The molecule has 2 atom stereocenters. The van der Waals surface area contributed by atoms with Gasteiger partial charge in [0.15, 0.2) is 0 Å². The Balaban J connectivity index is 3.92. The molecule has 0 aromatic rings. The predicted molar refractivity (Wildman–Crippen MR) is 84.8 cm³/mol. The van der Waals surface area contributed by atoms with E-state index in [-0.39, 0.29) is 0 Å². The molecule has 0 heterocycles. The minimum absolute atomic E-state index is 0.952. The van der Waals surface area contributed by atoms with Crippen LogP contribution < -0.4 is 0 Å². The summed E-state index contributed by atoms with van der Waals surface area (Å²) < 4.78 is 0. The van der Waals surface area contributed by atoms with E-state index in [0.29, 0.717) is 0 Å². The Morgan fingerprint density at radius 1 is 0.722 bits per heavy atom. The third-order valence-electron chi connectivity index (χ3n) is 4.36. The minimum atomic E-state index is 0.952. The molecule has 0 nitrogen and oxygen atoms in total. The Bertz CT molecular complexity index is 143. The molecule has 1 radical (unpaired) electrons. The Morgan fingerprint density at radius 2 is 1.11 bits per heavy atom. The van der Waals surface area contributed by atoms with Crippen molar-refractivity contribution < 1.29 is 0 Å². The van der Waals surface area contributed by atoms with Crippen molar-refractivity contribution in [3.05, 3.63) is 5.92 Å². The molecule has 0 N–H and O–H groups in total. The maximum absolute atomic E-state index is 2.41. The van der Waals surface area contributed by atoms with Crippen LogP contribution in [-0.2, 0) is 0 Å². The molecule has 0 heteroatoms. The Labute approximate surface area is 117 Å². The van der Waals surface area contributed by atoms with Crippen molar-refractivity contribution in [3.63, 3.8) is 0 Å². The van der Waals surface area contributed by atoms with Crippen LogP contribution in [0.1, 0.15) is 98.8 Å². The second-order valence-electron chi connectivity index (χ2n) is 6.20. The Kier molecular flexibility index (Phi) is 12.1. The average molecular weight is 253 g/mol. The van der Waals surface area contributed by atoms with Gasteiger partial charge < -0.3 is 0 Å². The molecule has 0 fully saturated rings. The van der Waals surface area contributed by atoms with Crippen molar-refractivity contribution in [1.29, 1.82) is 0 Å². The van der Waals surface area contributed by atoms with Gasteiger partial charge in [-0.05, 0) is 30.6 Å². The van der Waals surface area contributed by atoms with E-state index in [9.17, 15) is 0 Å². The summed E-state index contributed by atoms with van der Waals surface area (Å²) in [6.45, 7) is 11.7. The van der Waals surface area contributed by atoms with Gasteiger partial charge in [-0.15, -0.1) is 0 Å². The van der Waals surface area contributed by atoms with E-state index < -0.39 is 0 Å². The van der Waals surface area contributed by atoms with E-state index in [2.05, 4.69) is 34.6 Å². The zero-order chi connectivity index (χ0) is 13.8. The van der Waals surface area contributed by atoms with E-state index in [1.165, 1.54) is 64.2 Å². The molecule has 2 unspecified atom stereocenters. The van der Waals surface area contributed by atoms with Gasteiger partial charge in [0.05, 0.1) is 0 Å². The van der Waals surface area contributed by atoms with Gasteiger partial charge in [0.1, 0.15) is 0 Å². The van der Waals surface area contributed by atoms with Gasteiger partial charge in [-0.2, -0.15) is 0 Å². The average Bonchev–Trinajstić information content (AvgIpc) is 2.39. The summed E-state index contributed by atoms with van der Waals surface area (Å²) in [5.74, 6) is 3.67. The molecule has 109 valence electrons. The normalized spacial score (nSPS) is 15.0. The molecule has 0 rings (SSSR count). The second-order valence-corrected chi connectivity index (χ2v) is 6.20. The molecule has 0 bridgehead atoms. The maximum atomic E-state index is 2.41. The largest absolute Gasteiger partial charge is 0.0654 e. The summed E-state index contributed by atoms with van der Waals surface area (Å²) in [6, 6.07) is 0. The molecule has 0 spiro atoms. The van der Waals surface area contributed by atoms with E-state index in [1.54, 1.807) is 5.92 Å². The number of rotatable bonds is 12. The van der Waals surface area contributed by atoms with Crippen molar-refractivity contribution in [2.75, 3.05) is 0 Å². The lowest BCUT2D eigenvalue weighted by molar-refractivity contribution is 0.377. The smallest absolute Gasteiger partial charge is 0.0266 e. The highest BCUT2D eigenvalue weighted by molar-refractivity contribution is 4.88. The summed E-state index contributed by atoms with van der Waals surface area (Å²) in [6.07, 6.45) is 13.9. The molecular weight excluding hydrogens is 216 g/mol. The van der Waals surface area contributed by atoms with Gasteiger partial charge in [0, 0.05) is 0 Å². The van der Waals surface area contributed by atoms with Crippen LogP contribution in [0.4, 0.5) is 0 Å². The molecular formula is C18H37. The number of hydrogen-bond donors (Lipinski definition) is 0. The second kappa shape index (κ2) is 12.1. The lowest BCUT2D eigenvalue weighted by atomic mass is 9.83.